The summed E-state index contributed by atoms with van der Waals surface area (Å²) in [6, 6.07) is 0. The first-order valence-electron chi connectivity index (χ1n) is 1.48. The van der Waals surface area contributed by atoms with Crippen molar-refractivity contribution in [1.82, 2.24) is 0 Å². The van der Waals surface area contributed by atoms with Crippen molar-refractivity contribution in [1.29, 1.82) is 0 Å². The summed E-state index contributed by atoms with van der Waals surface area (Å²) in [6.45, 7) is 0. The number of rotatable bonds is 0. The van der Waals surface area contributed by atoms with E-state index in [4.69, 9.17) is 0 Å². The fourth-order valence-corrected chi connectivity index (χ4v) is 0. The Morgan fingerprint density at radius 2 is 1.88 bits per heavy atom. The predicted molar refractivity (Wildman–Crippen MR) is 30.7 cm³/mol. The van der Waals surface area contributed by atoms with Gasteiger partial charge in [0, 0.05) is 0 Å². The summed E-state index contributed by atoms with van der Waals surface area (Å²) < 4.78 is -0.750. The number of quaternary nitrogens is 1. The summed E-state index contributed by atoms with van der Waals surface area (Å²) in [6.07, 6.45) is -1.34. The fraction of sp³-hybridized carbons (Fsp3) is 0.500. The first-order valence-corrected chi connectivity index (χ1v) is 2.28. The molecule has 0 aliphatic heterocycles. The second kappa shape index (κ2) is 4.56. The zero-order valence-electron chi connectivity index (χ0n) is 5.66. The summed E-state index contributed by atoms with van der Waals surface area (Å²) in [4.78, 5) is 9.73. The molecule has 8 heavy (non-hydrogen) atoms. The Hall–Kier alpha value is 1.77. The molecular formula is C2H6KNO2S2. The van der Waals surface area contributed by atoms with Gasteiger partial charge in [-0.2, -0.15) is 3.29 Å². The molecule has 44 valence electrons. The van der Waals surface area contributed by atoms with Gasteiger partial charge < -0.3 is 11.3 Å². The van der Waals surface area contributed by atoms with Crippen molar-refractivity contribution in [3.8, 4) is 0 Å². The maximum Gasteiger partial charge on any atom is 1.00 e. The third kappa shape index (κ3) is 5.90. The van der Waals surface area contributed by atoms with E-state index in [1.807, 2.05) is 0 Å². The average molecular weight is 179 g/mol. The van der Waals surface area contributed by atoms with E-state index in [9.17, 15) is 9.90 Å². The summed E-state index contributed by atoms with van der Waals surface area (Å²) in [5.41, 5.74) is 0. The van der Waals surface area contributed by atoms with Crippen molar-refractivity contribution in [3.05, 3.63) is 0 Å². The van der Waals surface area contributed by atoms with E-state index in [1.54, 1.807) is 0 Å². The molecule has 0 bridgehead atoms. The Bertz CT molecular complexity index is 95.1. The van der Waals surface area contributed by atoms with Crippen LogP contribution in [0.4, 0.5) is 4.79 Å². The van der Waals surface area contributed by atoms with Gasteiger partial charge in [0.15, 0.2) is 0 Å². The normalized spacial score (nSPS) is 9.88. The second-order valence-electron chi connectivity index (χ2n) is 1.18. The molecule has 0 radical (unpaired) electrons. The summed E-state index contributed by atoms with van der Waals surface area (Å²) in [5.74, 6) is 0. The van der Waals surface area contributed by atoms with Crippen molar-refractivity contribution in [2.24, 2.45) is 0 Å². The summed E-state index contributed by atoms with van der Waals surface area (Å²) >= 11 is 6.98. The van der Waals surface area contributed by atoms with Gasteiger partial charge in [0.2, 0.25) is 0 Å². The van der Waals surface area contributed by atoms with Crippen LogP contribution in [0.1, 0.15) is 1.43 Å². The van der Waals surface area contributed by atoms with E-state index < -0.39 is 9.39 Å². The zero-order chi connectivity index (χ0) is 6.08. The molecule has 3 nitrogen and oxygen atoms in total. The number of nitrogens with zero attached hydrogens (tertiary/aromatic N) is 1. The quantitative estimate of drug-likeness (QED) is 0.231. The molecule has 0 aromatic rings. The minimum Gasteiger partial charge on any atom is -1.00 e. The van der Waals surface area contributed by atoms with Crippen LogP contribution in [0.5, 0.6) is 0 Å². The molecule has 1 amide bonds. The molecule has 0 atom stereocenters. The van der Waals surface area contributed by atoms with Gasteiger partial charge in [0.05, 0.1) is 32.7 Å². The molecule has 6 heteroatoms. The Labute approximate surface area is 103 Å². The van der Waals surface area contributed by atoms with Gasteiger partial charge >= 0.3 is 51.4 Å². The third-order valence-corrected chi connectivity index (χ3v) is 0.672. The number of carboxylic acid groups (broad SMARTS) is 1. The predicted octanol–water partition coefficient (Wildman–Crippen LogP) is -3.42. The van der Waals surface area contributed by atoms with Crippen molar-refractivity contribution in [2.75, 3.05) is 7.05 Å². The number of hydrogen-bond acceptors (Lipinski definition) is 4. The van der Waals surface area contributed by atoms with Gasteiger partial charge in [-0.05, 0) is 0 Å². The second-order valence-corrected chi connectivity index (χ2v) is 3.09. The first kappa shape index (κ1) is 12.4. The number of hydrogen-bond donors (Lipinski definition) is 2. The Morgan fingerprint density at radius 1 is 1.75 bits per heavy atom. The molecule has 0 unspecified atom stereocenters. The standard InChI is InChI=1S/C2H5NO2S2.K.H/c1-3(6,7)2(4)5;;/h6-7H,1H3;;/q;+1;-1. The van der Waals surface area contributed by atoms with Crippen molar-refractivity contribution < 1.29 is 66.0 Å². The maximum atomic E-state index is 9.73. The van der Waals surface area contributed by atoms with Crippen molar-refractivity contribution in [3.63, 3.8) is 0 Å². The van der Waals surface area contributed by atoms with E-state index in [1.165, 1.54) is 7.05 Å². The molecule has 0 saturated carbocycles. The van der Waals surface area contributed by atoms with Crippen molar-refractivity contribution >= 4 is 31.7 Å². The SMILES string of the molecule is C[N+](S)(S)C(=O)[O-].[H-].[K+]. The average Bonchev–Trinajstić information content (AvgIpc) is 1.31. The molecule has 0 rings (SSSR count). The molecule has 0 aromatic carbocycles. The smallest absolute Gasteiger partial charge is 1.00 e. The Balaban J connectivity index is -0.000000180. The van der Waals surface area contributed by atoms with Crippen LogP contribution in [0, 0.1) is 0 Å². The van der Waals surface area contributed by atoms with Crippen LogP contribution < -0.4 is 56.5 Å². The van der Waals surface area contributed by atoms with Crippen LogP contribution in [0.15, 0.2) is 0 Å². The van der Waals surface area contributed by atoms with E-state index in [2.05, 4.69) is 25.6 Å². The van der Waals surface area contributed by atoms with Gasteiger partial charge in [-0.15, -0.1) is 0 Å². The number of carbonyl (C=O) groups excluding carboxylic acids is 1. The molecule has 0 aromatic heterocycles. The number of amides is 1. The topological polar surface area (TPSA) is 40.1 Å². The minimum absolute atomic E-state index is 0. The largest absolute Gasteiger partial charge is 1.00 e. The molecular weight excluding hydrogens is 173 g/mol. The molecule has 0 aliphatic rings. The molecule has 0 spiro atoms. The van der Waals surface area contributed by atoms with E-state index in [0.717, 1.165) is 0 Å². The van der Waals surface area contributed by atoms with Gasteiger partial charge in [-0.3, -0.25) is 0 Å². The number of thiol groups is 2. The van der Waals surface area contributed by atoms with Crippen LogP contribution in [-0.2, 0) is 0 Å². The Morgan fingerprint density at radius 3 is 1.88 bits per heavy atom. The van der Waals surface area contributed by atoms with Crippen LogP contribution in [-0.4, -0.2) is 16.4 Å². The third-order valence-electron chi connectivity index (χ3n) is 0.346. The van der Waals surface area contributed by atoms with Crippen molar-refractivity contribution in [2.45, 2.75) is 0 Å². The summed E-state index contributed by atoms with van der Waals surface area (Å²) in [5, 5.41) is 9.73. The fourth-order valence-electron chi connectivity index (χ4n) is 0. The monoisotopic (exact) mass is 179 g/mol. The zero-order valence-corrected chi connectivity index (χ0v) is 9.57. The van der Waals surface area contributed by atoms with Gasteiger partial charge in [0.25, 0.3) is 6.09 Å². The van der Waals surface area contributed by atoms with E-state index >= 15 is 0 Å². The minimum atomic E-state index is -1.34. The van der Waals surface area contributed by atoms with Crippen LogP contribution in [0.25, 0.3) is 0 Å². The van der Waals surface area contributed by atoms with E-state index in [-0.39, 0.29) is 52.8 Å². The summed E-state index contributed by atoms with van der Waals surface area (Å²) in [7, 11) is 1.27. The van der Waals surface area contributed by atoms with Gasteiger partial charge in [0.1, 0.15) is 0 Å². The molecule has 0 aliphatic carbocycles. The van der Waals surface area contributed by atoms with E-state index in [0.29, 0.717) is 0 Å². The first-order chi connectivity index (χ1) is 2.94. The molecule has 0 fully saturated rings. The van der Waals surface area contributed by atoms with Crippen LogP contribution in [0.2, 0.25) is 0 Å². The Kier molecular flexibility index (Phi) is 7.10. The molecule has 0 saturated heterocycles. The van der Waals surface area contributed by atoms with Gasteiger partial charge in [-0.25, -0.2) is 0 Å². The maximum absolute atomic E-state index is 9.73. The number of carbonyl (C=O) groups is 1. The van der Waals surface area contributed by atoms with Gasteiger partial charge in [-0.1, -0.05) is 0 Å². The molecule has 0 N–H and O–H groups in total. The molecule has 0 heterocycles. The van der Waals surface area contributed by atoms with Crippen LogP contribution >= 0.6 is 25.6 Å². The van der Waals surface area contributed by atoms with Crippen LogP contribution in [0.3, 0.4) is 0 Å².